The van der Waals surface area contributed by atoms with Crippen LogP contribution in [0.3, 0.4) is 0 Å². The van der Waals surface area contributed by atoms with Gasteiger partial charge in [-0.25, -0.2) is 8.78 Å². The maximum atomic E-state index is 13.5. The zero-order chi connectivity index (χ0) is 14.0. The third kappa shape index (κ3) is 3.05. The molecule has 4 nitrogen and oxygen atoms in total. The van der Waals surface area contributed by atoms with Gasteiger partial charge in [-0.15, -0.1) is 0 Å². The lowest BCUT2D eigenvalue weighted by Crippen LogP contribution is -1.96. The summed E-state index contributed by atoms with van der Waals surface area (Å²) in [5.74, 6) is -1.16. The van der Waals surface area contributed by atoms with E-state index in [-0.39, 0.29) is 15.8 Å². The van der Waals surface area contributed by atoms with E-state index < -0.39 is 16.6 Å². The molecule has 0 heterocycles. The summed E-state index contributed by atoms with van der Waals surface area (Å²) < 4.78 is 26.0. The van der Waals surface area contributed by atoms with Gasteiger partial charge in [0.1, 0.15) is 16.1 Å². The molecule has 2 rings (SSSR count). The lowest BCUT2D eigenvalue weighted by molar-refractivity contribution is -0.385. The fourth-order valence-electron chi connectivity index (χ4n) is 1.48. The van der Waals surface area contributed by atoms with Crippen LogP contribution < -0.4 is 5.32 Å². The van der Waals surface area contributed by atoms with Crippen LogP contribution in [0.15, 0.2) is 40.9 Å². The van der Waals surface area contributed by atoms with Crippen molar-refractivity contribution >= 4 is 33.0 Å². The van der Waals surface area contributed by atoms with Crippen molar-refractivity contribution in [2.24, 2.45) is 0 Å². The second kappa shape index (κ2) is 5.31. The van der Waals surface area contributed by atoms with Gasteiger partial charge in [0.25, 0.3) is 5.69 Å². The van der Waals surface area contributed by atoms with Gasteiger partial charge in [0.05, 0.1) is 4.92 Å². The van der Waals surface area contributed by atoms with Gasteiger partial charge in [-0.1, -0.05) is 0 Å². The number of nitrogens with zero attached hydrogens (tertiary/aromatic N) is 1. The molecule has 98 valence electrons. The minimum Gasteiger partial charge on any atom is -0.355 e. The Kier molecular flexibility index (Phi) is 3.75. The number of rotatable bonds is 3. The summed E-state index contributed by atoms with van der Waals surface area (Å²) in [6, 6.07) is 7.65. The maximum absolute atomic E-state index is 13.5. The lowest BCUT2D eigenvalue weighted by atomic mass is 10.2. The van der Waals surface area contributed by atoms with E-state index in [4.69, 9.17) is 0 Å². The number of anilines is 2. The lowest BCUT2D eigenvalue weighted by Gasteiger charge is -2.07. The SMILES string of the molecule is O=[N+]([O-])c1cc(Nc2ccc(F)cc2)cc(F)c1Br. The number of hydrogen-bond acceptors (Lipinski definition) is 3. The van der Waals surface area contributed by atoms with Crippen molar-refractivity contribution in [3.63, 3.8) is 0 Å². The number of halogens is 3. The molecule has 7 heteroatoms. The normalized spacial score (nSPS) is 10.3. The molecule has 0 amide bonds. The largest absolute Gasteiger partial charge is 0.355 e. The second-order valence-corrected chi connectivity index (χ2v) is 4.47. The molecule has 0 aliphatic rings. The molecule has 0 saturated carbocycles. The molecule has 1 N–H and O–H groups in total. The Bertz CT molecular complexity index is 632. The molecular formula is C12H7BrF2N2O2. The molecule has 19 heavy (non-hydrogen) atoms. The van der Waals surface area contributed by atoms with Crippen LogP contribution in [0.2, 0.25) is 0 Å². The van der Waals surface area contributed by atoms with E-state index in [0.29, 0.717) is 5.69 Å². The quantitative estimate of drug-likeness (QED) is 0.672. The smallest absolute Gasteiger partial charge is 0.288 e. The van der Waals surface area contributed by atoms with Crippen molar-refractivity contribution in [2.75, 3.05) is 5.32 Å². The van der Waals surface area contributed by atoms with Crippen LogP contribution in [0, 0.1) is 21.7 Å². The molecule has 0 unspecified atom stereocenters. The highest BCUT2D eigenvalue weighted by atomic mass is 79.9. The first-order valence-corrected chi connectivity index (χ1v) is 5.92. The highest BCUT2D eigenvalue weighted by Crippen LogP contribution is 2.32. The summed E-state index contributed by atoms with van der Waals surface area (Å²) in [6.45, 7) is 0. The van der Waals surface area contributed by atoms with Crippen molar-refractivity contribution in [3.8, 4) is 0 Å². The van der Waals surface area contributed by atoms with Crippen LogP contribution in [0.1, 0.15) is 0 Å². The molecule has 0 fully saturated rings. The molecular weight excluding hydrogens is 322 g/mol. The van der Waals surface area contributed by atoms with Gasteiger partial charge < -0.3 is 5.32 Å². The summed E-state index contributed by atoms with van der Waals surface area (Å²) in [7, 11) is 0. The van der Waals surface area contributed by atoms with E-state index in [0.717, 1.165) is 6.07 Å². The topological polar surface area (TPSA) is 55.2 Å². The Hall–Kier alpha value is -2.02. The van der Waals surface area contributed by atoms with Gasteiger partial charge in [0.2, 0.25) is 0 Å². The van der Waals surface area contributed by atoms with E-state index >= 15 is 0 Å². The first-order valence-electron chi connectivity index (χ1n) is 5.13. The number of nitro groups is 1. The van der Waals surface area contributed by atoms with Gasteiger partial charge in [0, 0.05) is 17.4 Å². The van der Waals surface area contributed by atoms with Crippen LogP contribution in [0.4, 0.5) is 25.8 Å². The van der Waals surface area contributed by atoms with Gasteiger partial charge in [-0.05, 0) is 46.3 Å². The number of nitrogens with one attached hydrogen (secondary N) is 1. The molecule has 0 spiro atoms. The standard InChI is InChI=1S/C12H7BrF2N2O2/c13-12-10(15)5-9(6-11(12)17(18)19)16-8-3-1-7(14)2-4-8/h1-6,16H. The summed E-state index contributed by atoms with van der Waals surface area (Å²) in [4.78, 5) is 10.1. The first-order chi connectivity index (χ1) is 8.97. The summed E-state index contributed by atoms with van der Waals surface area (Å²) in [5, 5.41) is 13.5. The molecule has 0 aliphatic carbocycles. The van der Waals surface area contributed by atoms with E-state index in [1.54, 1.807) is 0 Å². The molecule has 0 saturated heterocycles. The van der Waals surface area contributed by atoms with Gasteiger partial charge in [-0.2, -0.15) is 0 Å². The molecule has 0 atom stereocenters. The van der Waals surface area contributed by atoms with Crippen LogP contribution >= 0.6 is 15.9 Å². The fourth-order valence-corrected chi connectivity index (χ4v) is 1.85. The van der Waals surface area contributed by atoms with Crippen LogP contribution in [-0.2, 0) is 0 Å². The molecule has 0 aromatic heterocycles. The maximum Gasteiger partial charge on any atom is 0.288 e. The number of nitro benzene ring substituents is 1. The summed E-state index contributed by atoms with van der Waals surface area (Å²) >= 11 is 2.82. The van der Waals surface area contributed by atoms with Crippen molar-refractivity contribution in [1.29, 1.82) is 0 Å². The van der Waals surface area contributed by atoms with Crippen molar-refractivity contribution in [1.82, 2.24) is 0 Å². The zero-order valence-corrected chi connectivity index (χ0v) is 10.9. The van der Waals surface area contributed by atoms with Gasteiger partial charge >= 0.3 is 0 Å². The third-order valence-electron chi connectivity index (χ3n) is 2.34. The highest BCUT2D eigenvalue weighted by Gasteiger charge is 2.17. The minimum atomic E-state index is -0.751. The van der Waals surface area contributed by atoms with Crippen molar-refractivity contribution in [2.45, 2.75) is 0 Å². The number of benzene rings is 2. The Balaban J connectivity index is 2.35. The predicted molar refractivity (Wildman–Crippen MR) is 70.4 cm³/mol. The highest BCUT2D eigenvalue weighted by molar-refractivity contribution is 9.10. The third-order valence-corrected chi connectivity index (χ3v) is 3.12. The monoisotopic (exact) mass is 328 g/mol. The molecule has 2 aromatic carbocycles. The zero-order valence-electron chi connectivity index (χ0n) is 9.36. The Morgan fingerprint density at radius 2 is 1.74 bits per heavy atom. The molecule has 0 aliphatic heterocycles. The fraction of sp³-hybridized carbons (Fsp3) is 0. The Morgan fingerprint density at radius 1 is 1.11 bits per heavy atom. The van der Waals surface area contributed by atoms with Crippen LogP contribution in [-0.4, -0.2) is 4.92 Å². The average Bonchev–Trinajstić information content (AvgIpc) is 2.36. The van der Waals surface area contributed by atoms with Gasteiger partial charge in [-0.3, -0.25) is 10.1 Å². The number of hydrogen-bond donors (Lipinski definition) is 1. The van der Waals surface area contributed by atoms with E-state index in [2.05, 4.69) is 21.2 Å². The van der Waals surface area contributed by atoms with Crippen LogP contribution in [0.5, 0.6) is 0 Å². The second-order valence-electron chi connectivity index (χ2n) is 3.68. The van der Waals surface area contributed by atoms with Gasteiger partial charge in [0.15, 0.2) is 0 Å². The molecule has 0 radical (unpaired) electrons. The molecule has 0 bridgehead atoms. The first kappa shape index (κ1) is 13.4. The molecule has 2 aromatic rings. The Labute approximate surface area is 115 Å². The summed E-state index contributed by atoms with van der Waals surface area (Å²) in [6.07, 6.45) is 0. The van der Waals surface area contributed by atoms with Crippen molar-refractivity contribution < 1.29 is 13.7 Å². The minimum absolute atomic E-state index is 0.206. The predicted octanol–water partition coefficient (Wildman–Crippen LogP) is 4.38. The van der Waals surface area contributed by atoms with Crippen molar-refractivity contribution in [3.05, 3.63) is 62.6 Å². The summed E-state index contributed by atoms with van der Waals surface area (Å²) in [5.41, 5.74) is 0.320. The van der Waals surface area contributed by atoms with Crippen LogP contribution in [0.25, 0.3) is 0 Å². The van der Waals surface area contributed by atoms with E-state index in [1.807, 2.05) is 0 Å². The average molecular weight is 329 g/mol. The van der Waals surface area contributed by atoms with E-state index in [1.165, 1.54) is 30.3 Å². The Morgan fingerprint density at radius 3 is 2.32 bits per heavy atom. The van der Waals surface area contributed by atoms with E-state index in [9.17, 15) is 18.9 Å².